The summed E-state index contributed by atoms with van der Waals surface area (Å²) in [6.45, 7) is 6.67. The quantitative estimate of drug-likeness (QED) is 0.552. The molecule has 1 aromatic heterocycles. The van der Waals surface area contributed by atoms with E-state index in [0.29, 0.717) is 10.6 Å². The van der Waals surface area contributed by atoms with Gasteiger partial charge in [0.15, 0.2) is 0 Å². The fourth-order valence-corrected chi connectivity index (χ4v) is 4.60. The van der Waals surface area contributed by atoms with Gasteiger partial charge in [0.2, 0.25) is 5.91 Å². The van der Waals surface area contributed by atoms with Crippen LogP contribution in [0.15, 0.2) is 59.6 Å². The number of rotatable bonds is 6. The molecular formula is C26H26N4OS. The lowest BCUT2D eigenvalue weighted by Gasteiger charge is -2.28. The molecule has 0 fully saturated rings. The van der Waals surface area contributed by atoms with E-state index in [4.69, 9.17) is 4.98 Å². The lowest BCUT2D eigenvalue weighted by atomic mass is 10.0. The van der Waals surface area contributed by atoms with Gasteiger partial charge in [-0.1, -0.05) is 48.2 Å². The van der Waals surface area contributed by atoms with E-state index in [1.54, 1.807) is 0 Å². The Morgan fingerprint density at radius 3 is 2.72 bits per heavy atom. The van der Waals surface area contributed by atoms with Gasteiger partial charge in [-0.3, -0.25) is 9.69 Å². The van der Waals surface area contributed by atoms with Crippen LogP contribution in [0.3, 0.4) is 0 Å². The van der Waals surface area contributed by atoms with Crippen LogP contribution in [0.1, 0.15) is 33.5 Å². The zero-order valence-electron chi connectivity index (χ0n) is 18.4. The summed E-state index contributed by atoms with van der Waals surface area (Å²) >= 11 is 1.32. The van der Waals surface area contributed by atoms with Crippen LogP contribution < -0.4 is 5.32 Å². The number of hydrogen-bond acceptors (Lipinski definition) is 5. The van der Waals surface area contributed by atoms with Crippen LogP contribution in [0.25, 0.3) is 0 Å². The molecule has 6 heteroatoms. The Kier molecular flexibility index (Phi) is 6.89. The predicted octanol–water partition coefficient (Wildman–Crippen LogP) is 4.86. The number of aromatic nitrogens is 1. The molecule has 0 spiro atoms. The summed E-state index contributed by atoms with van der Waals surface area (Å²) in [6.07, 6.45) is 0.844. The molecule has 1 amide bonds. The van der Waals surface area contributed by atoms with Crippen molar-refractivity contribution in [1.29, 1.82) is 5.26 Å². The predicted molar refractivity (Wildman–Crippen MR) is 128 cm³/mol. The van der Waals surface area contributed by atoms with Crippen molar-refractivity contribution in [1.82, 2.24) is 9.88 Å². The van der Waals surface area contributed by atoms with Crippen molar-refractivity contribution in [2.45, 2.75) is 38.4 Å². The van der Waals surface area contributed by atoms with Crippen molar-refractivity contribution >= 4 is 23.4 Å². The van der Waals surface area contributed by atoms with Crippen LogP contribution in [0.4, 0.5) is 5.69 Å². The molecule has 0 saturated heterocycles. The third-order valence-corrected chi connectivity index (χ3v) is 6.71. The number of aryl methyl sites for hydroxylation is 2. The lowest BCUT2D eigenvalue weighted by Crippen LogP contribution is -2.31. The first-order valence-electron chi connectivity index (χ1n) is 10.7. The molecule has 162 valence electrons. The van der Waals surface area contributed by atoms with Crippen molar-refractivity contribution in [3.63, 3.8) is 0 Å². The van der Waals surface area contributed by atoms with Gasteiger partial charge in [0.1, 0.15) is 11.1 Å². The smallest absolute Gasteiger partial charge is 0.234 e. The molecule has 0 aliphatic carbocycles. The highest BCUT2D eigenvalue weighted by Crippen LogP contribution is 2.27. The Morgan fingerprint density at radius 2 is 1.97 bits per heavy atom. The topological polar surface area (TPSA) is 69.0 Å². The molecule has 3 aromatic rings. The number of nitrogens with zero attached hydrogens (tertiary/aromatic N) is 3. The minimum Gasteiger partial charge on any atom is -0.325 e. The summed E-state index contributed by atoms with van der Waals surface area (Å²) in [6, 6.07) is 20.5. The average Bonchev–Trinajstić information content (AvgIpc) is 2.80. The molecule has 1 N–H and O–H groups in total. The zero-order chi connectivity index (χ0) is 22.5. The minimum absolute atomic E-state index is 0.101. The van der Waals surface area contributed by atoms with Crippen molar-refractivity contribution in [3.05, 3.63) is 88.1 Å². The Balaban J connectivity index is 1.40. The molecule has 0 unspecified atom stereocenters. The number of benzene rings is 2. The average molecular weight is 443 g/mol. The largest absolute Gasteiger partial charge is 0.325 e. The number of hydrogen-bond donors (Lipinski definition) is 1. The molecule has 4 rings (SSSR count). The number of thioether (sulfide) groups is 1. The SMILES string of the molecule is Cc1ccc(NC(=O)CSc2nc3c(cc2C#N)CN(Cc2ccccc2)CC3)cc1C. The Morgan fingerprint density at radius 1 is 1.16 bits per heavy atom. The summed E-state index contributed by atoms with van der Waals surface area (Å²) < 4.78 is 0. The van der Waals surface area contributed by atoms with Gasteiger partial charge in [-0.25, -0.2) is 4.98 Å². The van der Waals surface area contributed by atoms with E-state index >= 15 is 0 Å². The second kappa shape index (κ2) is 9.99. The van der Waals surface area contributed by atoms with Crippen molar-refractivity contribution in [2.24, 2.45) is 0 Å². The molecule has 2 heterocycles. The molecule has 32 heavy (non-hydrogen) atoms. The second-order valence-electron chi connectivity index (χ2n) is 8.14. The van der Waals surface area contributed by atoms with Gasteiger partial charge in [0.25, 0.3) is 0 Å². The number of anilines is 1. The number of nitriles is 1. The molecule has 0 saturated carbocycles. The van der Waals surface area contributed by atoms with Crippen LogP contribution >= 0.6 is 11.8 Å². The number of fused-ring (bicyclic) bond motifs is 1. The van der Waals surface area contributed by atoms with E-state index in [2.05, 4.69) is 40.6 Å². The highest BCUT2D eigenvalue weighted by molar-refractivity contribution is 8.00. The first kappa shape index (κ1) is 22.1. The van der Waals surface area contributed by atoms with E-state index in [1.807, 2.05) is 44.2 Å². The minimum atomic E-state index is -0.101. The van der Waals surface area contributed by atoms with Gasteiger partial charge in [-0.05, 0) is 54.3 Å². The first-order chi connectivity index (χ1) is 15.5. The normalized spacial score (nSPS) is 13.3. The molecule has 0 atom stereocenters. The molecule has 5 nitrogen and oxygen atoms in total. The number of amides is 1. The summed E-state index contributed by atoms with van der Waals surface area (Å²) in [5.41, 5.74) is 7.08. The molecule has 0 bridgehead atoms. The lowest BCUT2D eigenvalue weighted by molar-refractivity contribution is -0.113. The van der Waals surface area contributed by atoms with Gasteiger partial charge < -0.3 is 5.32 Å². The Bertz CT molecular complexity index is 1170. The standard InChI is InChI=1S/C26H26N4OS/c1-18-8-9-23(12-19(18)2)28-25(31)17-32-26-21(14-27)13-22-16-30(11-10-24(22)29-26)15-20-6-4-3-5-7-20/h3-9,12-13H,10-11,15-17H2,1-2H3,(H,28,31). The summed E-state index contributed by atoms with van der Waals surface area (Å²) in [7, 11) is 0. The highest BCUT2D eigenvalue weighted by atomic mass is 32.2. The first-order valence-corrected chi connectivity index (χ1v) is 11.7. The number of pyridine rings is 1. The van der Waals surface area contributed by atoms with Crippen molar-refractivity contribution in [2.75, 3.05) is 17.6 Å². The van der Waals surface area contributed by atoms with E-state index in [1.165, 1.54) is 22.9 Å². The fourth-order valence-electron chi connectivity index (χ4n) is 3.83. The summed E-state index contributed by atoms with van der Waals surface area (Å²) in [4.78, 5) is 19.6. The maximum absolute atomic E-state index is 12.4. The molecular weight excluding hydrogens is 416 g/mol. The summed E-state index contributed by atoms with van der Waals surface area (Å²) in [5, 5.41) is 13.2. The third-order valence-electron chi connectivity index (χ3n) is 5.72. The van der Waals surface area contributed by atoms with Gasteiger partial charge in [0.05, 0.1) is 11.3 Å². The molecule has 2 aromatic carbocycles. The van der Waals surface area contributed by atoms with E-state index in [9.17, 15) is 10.1 Å². The zero-order valence-corrected chi connectivity index (χ0v) is 19.2. The second-order valence-corrected chi connectivity index (χ2v) is 9.10. The summed E-state index contributed by atoms with van der Waals surface area (Å²) in [5.74, 6) is 0.115. The van der Waals surface area contributed by atoms with E-state index in [0.717, 1.165) is 48.6 Å². The van der Waals surface area contributed by atoms with Crippen LogP contribution in [0, 0.1) is 25.2 Å². The van der Waals surface area contributed by atoms with Crippen molar-refractivity contribution < 1.29 is 4.79 Å². The Hall–Kier alpha value is -3.14. The van der Waals surface area contributed by atoms with E-state index in [-0.39, 0.29) is 11.7 Å². The number of nitrogens with one attached hydrogen (secondary N) is 1. The maximum atomic E-state index is 12.4. The van der Waals surface area contributed by atoms with Crippen molar-refractivity contribution in [3.8, 4) is 6.07 Å². The highest BCUT2D eigenvalue weighted by Gasteiger charge is 2.21. The van der Waals surface area contributed by atoms with Crippen LogP contribution in [0.2, 0.25) is 0 Å². The van der Waals surface area contributed by atoms with E-state index < -0.39 is 0 Å². The molecule has 1 aliphatic heterocycles. The molecule has 0 radical (unpaired) electrons. The van der Waals surface area contributed by atoms with Gasteiger partial charge in [-0.2, -0.15) is 5.26 Å². The molecule has 1 aliphatic rings. The number of carbonyl (C=O) groups excluding carboxylic acids is 1. The third kappa shape index (κ3) is 5.37. The van der Waals surface area contributed by atoms with Crippen LogP contribution in [-0.4, -0.2) is 28.1 Å². The number of carbonyl (C=O) groups is 1. The maximum Gasteiger partial charge on any atom is 0.234 e. The monoisotopic (exact) mass is 442 g/mol. The van der Waals surface area contributed by atoms with Crippen LogP contribution in [-0.2, 0) is 24.3 Å². The fraction of sp³-hybridized carbons (Fsp3) is 0.269. The van der Waals surface area contributed by atoms with Crippen LogP contribution in [0.5, 0.6) is 0 Å². The Labute approximate surface area is 193 Å². The van der Waals surface area contributed by atoms with Gasteiger partial charge >= 0.3 is 0 Å². The van der Waals surface area contributed by atoms with Gasteiger partial charge in [0, 0.05) is 37.4 Å². The van der Waals surface area contributed by atoms with Gasteiger partial charge in [-0.15, -0.1) is 0 Å².